The fourth-order valence-electron chi connectivity index (χ4n) is 1.23. The van der Waals surface area contributed by atoms with Gasteiger partial charge in [-0.15, -0.1) is 0 Å². The predicted molar refractivity (Wildman–Crippen MR) is 85.1 cm³/mol. The maximum Gasteiger partial charge on any atom is 0.300 e. The molecule has 10 nitrogen and oxygen atoms in total. The Labute approximate surface area is 136 Å². The van der Waals surface area contributed by atoms with Crippen molar-refractivity contribution in [1.29, 1.82) is 0 Å². The highest BCUT2D eigenvalue weighted by atomic mass is 16.4. The van der Waals surface area contributed by atoms with E-state index in [9.17, 15) is 0 Å². The second-order valence-corrected chi connectivity index (χ2v) is 4.57. The lowest BCUT2D eigenvalue weighted by Gasteiger charge is -2.26. The Bertz CT molecular complexity index is 275. The largest absolute Gasteiger partial charge is 0.481 e. The molecule has 0 saturated carbocycles. The Morgan fingerprint density at radius 2 is 1.22 bits per heavy atom. The van der Waals surface area contributed by atoms with Crippen molar-refractivity contribution in [3.05, 3.63) is 0 Å². The van der Waals surface area contributed by atoms with Gasteiger partial charge in [0.05, 0.1) is 0 Å². The summed E-state index contributed by atoms with van der Waals surface area (Å²) >= 11 is 0. The van der Waals surface area contributed by atoms with E-state index < -0.39 is 17.9 Å². The van der Waals surface area contributed by atoms with E-state index in [4.69, 9.17) is 35.5 Å². The number of carboxylic acids is 3. The van der Waals surface area contributed by atoms with Crippen molar-refractivity contribution >= 4 is 17.9 Å². The van der Waals surface area contributed by atoms with Crippen molar-refractivity contribution in [3.8, 4) is 0 Å². The monoisotopic (exact) mass is 338 g/mol. The van der Waals surface area contributed by atoms with Gasteiger partial charge in [0, 0.05) is 40.9 Å². The maximum atomic E-state index is 9.00. The van der Waals surface area contributed by atoms with E-state index >= 15 is 0 Å². The van der Waals surface area contributed by atoms with Crippen LogP contribution < -0.4 is 11.3 Å². The molecular weight excluding hydrogens is 308 g/mol. The van der Waals surface area contributed by atoms with E-state index in [-0.39, 0.29) is 0 Å². The summed E-state index contributed by atoms with van der Waals surface area (Å²) in [4.78, 5) is 27.0. The molecule has 1 rings (SSSR count). The molecule has 0 radical (unpaired) electrons. The van der Waals surface area contributed by atoms with Crippen molar-refractivity contribution < 1.29 is 29.7 Å². The summed E-state index contributed by atoms with van der Waals surface area (Å²) in [6.45, 7) is 5.23. The van der Waals surface area contributed by atoms with Crippen molar-refractivity contribution in [1.82, 2.24) is 15.7 Å². The first-order chi connectivity index (χ1) is 10.5. The summed E-state index contributed by atoms with van der Waals surface area (Å²) in [6, 6.07) is 0. The van der Waals surface area contributed by atoms with Crippen LogP contribution in [-0.2, 0) is 14.4 Å². The topological polar surface area (TPSA) is 156 Å². The molecule has 1 aliphatic heterocycles. The fraction of sp³-hybridized carbons (Fsp3) is 0.769. The van der Waals surface area contributed by atoms with Gasteiger partial charge in [0.15, 0.2) is 0 Å². The van der Waals surface area contributed by atoms with Gasteiger partial charge in [0.1, 0.15) is 0 Å². The molecule has 1 fully saturated rings. The third-order valence-corrected chi connectivity index (χ3v) is 2.04. The molecule has 6 N–H and O–H groups in total. The molecule has 0 aromatic carbocycles. The lowest BCUT2D eigenvalue weighted by Crippen LogP contribution is -2.52. The highest BCUT2D eigenvalue weighted by Gasteiger charge is 2.06. The van der Waals surface area contributed by atoms with Crippen LogP contribution >= 0.6 is 0 Å². The predicted octanol–water partition coefficient (Wildman–Crippen LogP) is 0.360. The standard InChI is InChI=1S/C7H18N4.3C2H4O2/c1-10-9-6-4-2-3-5-7-11(10)8;3*1-2(3)4/h9H,2-8H2,1H3;3*1H3,(H,3,4). The van der Waals surface area contributed by atoms with Gasteiger partial charge in [0.2, 0.25) is 0 Å². The van der Waals surface area contributed by atoms with Gasteiger partial charge in [-0.2, -0.15) is 10.2 Å². The Kier molecular flexibility index (Phi) is 20.8. The Balaban J connectivity index is -0.000000278. The molecular formula is C13H30N4O6. The number of carboxylic acid groups (broad SMARTS) is 3. The zero-order valence-corrected chi connectivity index (χ0v) is 14.3. The second kappa shape index (κ2) is 18.3. The third kappa shape index (κ3) is 44.9. The summed E-state index contributed by atoms with van der Waals surface area (Å²) in [5.74, 6) is 3.21. The van der Waals surface area contributed by atoms with Crippen LogP contribution in [0, 0.1) is 0 Å². The zero-order valence-electron chi connectivity index (χ0n) is 14.3. The number of hydrazine groups is 3. The van der Waals surface area contributed by atoms with Crippen LogP contribution in [0.1, 0.15) is 46.5 Å². The molecule has 0 aromatic heterocycles. The summed E-state index contributed by atoms with van der Waals surface area (Å²) in [5, 5.41) is 25.8. The minimum absolute atomic E-state index is 0.833. The smallest absolute Gasteiger partial charge is 0.300 e. The highest BCUT2D eigenvalue weighted by molar-refractivity contribution is 5.63. The molecule has 1 heterocycles. The number of nitrogens with one attached hydrogen (secondary N) is 1. The minimum atomic E-state index is -0.833. The Morgan fingerprint density at radius 1 is 0.870 bits per heavy atom. The van der Waals surface area contributed by atoms with Crippen molar-refractivity contribution in [3.63, 3.8) is 0 Å². The molecule has 0 aliphatic carbocycles. The number of hydrogen-bond acceptors (Lipinski definition) is 7. The maximum absolute atomic E-state index is 9.00. The van der Waals surface area contributed by atoms with Crippen LogP contribution in [-0.4, -0.2) is 63.6 Å². The molecule has 0 unspecified atom stereocenters. The Hall–Kier alpha value is -1.75. The average molecular weight is 338 g/mol. The summed E-state index contributed by atoms with van der Waals surface area (Å²) in [5.41, 5.74) is 3.21. The molecule has 0 spiro atoms. The summed E-state index contributed by atoms with van der Waals surface area (Å²) < 4.78 is 0. The van der Waals surface area contributed by atoms with Crippen LogP contribution in [0.2, 0.25) is 0 Å². The van der Waals surface area contributed by atoms with Gasteiger partial charge >= 0.3 is 0 Å². The fourth-order valence-corrected chi connectivity index (χ4v) is 1.23. The molecule has 1 aliphatic rings. The molecule has 10 heteroatoms. The van der Waals surface area contributed by atoms with Gasteiger partial charge < -0.3 is 15.3 Å². The van der Waals surface area contributed by atoms with E-state index in [2.05, 4.69) is 5.43 Å². The van der Waals surface area contributed by atoms with E-state index in [0.717, 1.165) is 33.9 Å². The molecule has 0 bridgehead atoms. The van der Waals surface area contributed by atoms with Gasteiger partial charge in [-0.05, 0) is 12.8 Å². The van der Waals surface area contributed by atoms with Crippen LogP contribution in [0.25, 0.3) is 0 Å². The number of hydrogen-bond donors (Lipinski definition) is 5. The molecule has 0 aromatic rings. The summed E-state index contributed by atoms with van der Waals surface area (Å²) in [6.07, 6.45) is 5.05. The first kappa shape index (κ1) is 26.2. The van der Waals surface area contributed by atoms with Crippen LogP contribution in [0.3, 0.4) is 0 Å². The normalized spacial score (nSPS) is 15.5. The number of carbonyl (C=O) groups is 3. The molecule has 0 amide bonds. The molecule has 1 saturated heterocycles. The van der Waals surface area contributed by atoms with Crippen LogP contribution in [0.15, 0.2) is 0 Å². The van der Waals surface area contributed by atoms with Gasteiger partial charge in [0.25, 0.3) is 17.9 Å². The quantitative estimate of drug-likeness (QED) is 0.391. The van der Waals surface area contributed by atoms with E-state index in [1.807, 2.05) is 12.2 Å². The highest BCUT2D eigenvalue weighted by Crippen LogP contribution is 2.02. The SMILES string of the molecule is CC(=O)O.CC(=O)O.CC(=O)O.CN1NCCCCCCN1N. The van der Waals surface area contributed by atoms with Gasteiger partial charge in [-0.25, -0.2) is 5.43 Å². The van der Waals surface area contributed by atoms with Gasteiger partial charge in [-0.3, -0.25) is 20.2 Å². The van der Waals surface area contributed by atoms with Crippen molar-refractivity contribution in [2.75, 3.05) is 20.1 Å². The van der Waals surface area contributed by atoms with E-state index in [1.165, 1.54) is 25.7 Å². The number of nitrogens with two attached hydrogens (primary N) is 1. The van der Waals surface area contributed by atoms with Crippen LogP contribution in [0.4, 0.5) is 0 Å². The van der Waals surface area contributed by atoms with Gasteiger partial charge in [-0.1, -0.05) is 12.8 Å². The lowest BCUT2D eigenvalue weighted by atomic mass is 10.2. The average Bonchev–Trinajstić information content (AvgIpc) is 2.42. The summed E-state index contributed by atoms with van der Waals surface area (Å²) in [7, 11) is 1.95. The van der Waals surface area contributed by atoms with Crippen molar-refractivity contribution in [2.45, 2.75) is 46.5 Å². The molecule has 23 heavy (non-hydrogen) atoms. The first-order valence-electron chi connectivity index (χ1n) is 7.08. The number of nitrogens with zero attached hydrogens (tertiary/aromatic N) is 2. The second-order valence-electron chi connectivity index (χ2n) is 4.57. The first-order valence-corrected chi connectivity index (χ1v) is 7.08. The van der Waals surface area contributed by atoms with E-state index in [1.54, 1.807) is 5.12 Å². The zero-order chi connectivity index (χ0) is 18.8. The van der Waals surface area contributed by atoms with Crippen molar-refractivity contribution in [2.24, 2.45) is 5.84 Å². The number of rotatable bonds is 0. The molecule has 138 valence electrons. The molecule has 0 atom stereocenters. The van der Waals surface area contributed by atoms with E-state index in [0.29, 0.717) is 0 Å². The Morgan fingerprint density at radius 3 is 1.61 bits per heavy atom. The minimum Gasteiger partial charge on any atom is -0.481 e. The van der Waals surface area contributed by atoms with Crippen LogP contribution in [0.5, 0.6) is 0 Å². The third-order valence-electron chi connectivity index (χ3n) is 2.04. The lowest BCUT2D eigenvalue weighted by molar-refractivity contribution is -0.135. The number of aliphatic carboxylic acids is 3.